The molecule has 2 amide bonds. The van der Waals surface area contributed by atoms with Gasteiger partial charge in [-0.05, 0) is 30.2 Å². The number of hydrogen-bond donors (Lipinski definition) is 1. The van der Waals surface area contributed by atoms with E-state index in [0.29, 0.717) is 19.7 Å². The number of rotatable bonds is 9. The molecular weight excluding hydrogens is 422 g/mol. The minimum absolute atomic E-state index is 0.0165. The molecule has 2 aromatic rings. The summed E-state index contributed by atoms with van der Waals surface area (Å²) in [5.74, 6) is -0.209. The fourth-order valence-electron chi connectivity index (χ4n) is 3.62. The molecule has 1 aliphatic rings. The van der Waals surface area contributed by atoms with E-state index in [2.05, 4.69) is 10.2 Å². The van der Waals surface area contributed by atoms with Crippen LogP contribution in [0.2, 0.25) is 0 Å². The predicted octanol–water partition coefficient (Wildman–Crippen LogP) is 2.76. The average Bonchev–Trinajstić information content (AvgIpc) is 2.84. The molecule has 176 valence electrons. The summed E-state index contributed by atoms with van der Waals surface area (Å²) in [6.45, 7) is 5.34. The lowest BCUT2D eigenvalue weighted by molar-refractivity contribution is -0.142. The number of nitrogens with one attached hydrogen (secondary N) is 1. The van der Waals surface area contributed by atoms with Crippen LogP contribution in [0.3, 0.4) is 0 Å². The zero-order valence-corrected chi connectivity index (χ0v) is 19.0. The Bertz CT molecular complexity index is 909. The van der Waals surface area contributed by atoms with E-state index in [1.807, 2.05) is 59.5 Å². The summed E-state index contributed by atoms with van der Waals surface area (Å²) in [6.07, 6.45) is -0.0179. The van der Waals surface area contributed by atoms with Crippen LogP contribution in [0.25, 0.3) is 0 Å². The lowest BCUT2D eigenvalue weighted by Crippen LogP contribution is -2.49. The van der Waals surface area contributed by atoms with E-state index in [9.17, 15) is 14.4 Å². The highest BCUT2D eigenvalue weighted by Gasteiger charge is 2.21. The fraction of sp³-hybridized carbons (Fsp3) is 0.400. The van der Waals surface area contributed by atoms with E-state index >= 15 is 0 Å². The number of ether oxygens (including phenoxy) is 2. The largest absolute Gasteiger partial charge is 0.466 e. The van der Waals surface area contributed by atoms with Crippen LogP contribution < -0.4 is 10.2 Å². The molecule has 0 aromatic heterocycles. The normalized spacial score (nSPS) is 13.4. The second-order valence-electron chi connectivity index (χ2n) is 7.75. The van der Waals surface area contributed by atoms with Gasteiger partial charge in [-0.15, -0.1) is 0 Å². The summed E-state index contributed by atoms with van der Waals surface area (Å²) in [7, 11) is 0. The maximum absolute atomic E-state index is 12.5. The van der Waals surface area contributed by atoms with E-state index in [1.165, 1.54) is 0 Å². The van der Waals surface area contributed by atoms with Crippen LogP contribution >= 0.6 is 0 Å². The fourth-order valence-corrected chi connectivity index (χ4v) is 3.62. The monoisotopic (exact) mass is 453 g/mol. The van der Waals surface area contributed by atoms with E-state index in [0.717, 1.165) is 29.9 Å². The summed E-state index contributed by atoms with van der Waals surface area (Å²) >= 11 is 0. The number of carbonyl (C=O) groups excluding carboxylic acids is 3. The molecule has 1 fully saturated rings. The average molecular weight is 454 g/mol. The number of anilines is 1. The lowest BCUT2D eigenvalue weighted by atomic mass is 10.1. The van der Waals surface area contributed by atoms with Crippen molar-refractivity contribution in [2.24, 2.45) is 0 Å². The van der Waals surface area contributed by atoms with Crippen LogP contribution in [0.4, 0.5) is 10.5 Å². The van der Waals surface area contributed by atoms with E-state index < -0.39 is 6.09 Å². The molecule has 0 unspecified atom stereocenters. The van der Waals surface area contributed by atoms with Gasteiger partial charge >= 0.3 is 12.1 Å². The number of benzene rings is 2. The maximum atomic E-state index is 12.5. The first-order valence-corrected chi connectivity index (χ1v) is 11.3. The first-order chi connectivity index (χ1) is 16.0. The number of nitrogens with zero attached hydrogens (tertiary/aromatic N) is 2. The van der Waals surface area contributed by atoms with E-state index in [4.69, 9.17) is 9.47 Å². The van der Waals surface area contributed by atoms with Gasteiger partial charge in [-0.1, -0.05) is 42.5 Å². The quantitative estimate of drug-likeness (QED) is 0.588. The van der Waals surface area contributed by atoms with Crippen LogP contribution in [0.15, 0.2) is 54.6 Å². The molecular formula is C25H31N3O5. The van der Waals surface area contributed by atoms with Crippen LogP contribution in [0.1, 0.15) is 24.5 Å². The van der Waals surface area contributed by atoms with Crippen molar-refractivity contribution in [1.82, 2.24) is 10.2 Å². The summed E-state index contributed by atoms with van der Waals surface area (Å²) in [6, 6.07) is 17.3. The van der Waals surface area contributed by atoms with Gasteiger partial charge in [0.05, 0.1) is 13.0 Å². The third-order valence-electron chi connectivity index (χ3n) is 5.41. The molecule has 33 heavy (non-hydrogen) atoms. The van der Waals surface area contributed by atoms with Gasteiger partial charge in [-0.2, -0.15) is 0 Å². The second kappa shape index (κ2) is 12.5. The highest BCUT2D eigenvalue weighted by Crippen LogP contribution is 2.18. The van der Waals surface area contributed by atoms with Crippen molar-refractivity contribution in [2.45, 2.75) is 26.4 Å². The van der Waals surface area contributed by atoms with Gasteiger partial charge in [0.25, 0.3) is 0 Å². The Labute approximate surface area is 194 Å². The van der Waals surface area contributed by atoms with Crippen molar-refractivity contribution in [1.29, 1.82) is 0 Å². The molecule has 2 aromatic carbocycles. The molecule has 0 saturated carbocycles. The summed E-state index contributed by atoms with van der Waals surface area (Å²) in [4.78, 5) is 39.9. The summed E-state index contributed by atoms with van der Waals surface area (Å²) in [5.41, 5.74) is 2.90. The van der Waals surface area contributed by atoms with Gasteiger partial charge in [-0.25, -0.2) is 4.79 Å². The smallest absolute Gasteiger partial charge is 0.407 e. The number of piperazine rings is 1. The highest BCUT2D eigenvalue weighted by atomic mass is 16.5. The van der Waals surface area contributed by atoms with Gasteiger partial charge in [0.15, 0.2) is 0 Å². The first kappa shape index (κ1) is 24.1. The Kier molecular flexibility index (Phi) is 9.11. The first-order valence-electron chi connectivity index (χ1n) is 11.3. The SMILES string of the molecule is CCOC(=O)Cc1ccc(N2CCN(C(=O)CCNC(=O)OCc3ccccc3)CC2)cc1. The Morgan fingerprint density at radius 3 is 2.24 bits per heavy atom. The van der Waals surface area contributed by atoms with Crippen molar-refractivity contribution < 1.29 is 23.9 Å². The summed E-state index contributed by atoms with van der Waals surface area (Å²) < 4.78 is 10.1. The van der Waals surface area contributed by atoms with Crippen molar-refractivity contribution >= 4 is 23.7 Å². The molecule has 1 saturated heterocycles. The van der Waals surface area contributed by atoms with Crippen molar-refractivity contribution in [3.63, 3.8) is 0 Å². The topological polar surface area (TPSA) is 88.2 Å². The number of hydrogen-bond acceptors (Lipinski definition) is 6. The third kappa shape index (κ3) is 7.82. The maximum Gasteiger partial charge on any atom is 0.407 e. The lowest BCUT2D eigenvalue weighted by Gasteiger charge is -2.36. The minimum Gasteiger partial charge on any atom is -0.466 e. The molecule has 0 bridgehead atoms. The third-order valence-corrected chi connectivity index (χ3v) is 5.41. The Hall–Kier alpha value is -3.55. The van der Waals surface area contributed by atoms with Gasteiger partial charge in [0.2, 0.25) is 5.91 Å². The predicted molar refractivity (Wildman–Crippen MR) is 125 cm³/mol. The molecule has 0 aliphatic carbocycles. The molecule has 0 radical (unpaired) electrons. The van der Waals surface area contributed by atoms with Crippen molar-refractivity contribution in [3.05, 3.63) is 65.7 Å². The molecule has 0 spiro atoms. The highest BCUT2D eigenvalue weighted by molar-refractivity contribution is 5.77. The van der Waals surface area contributed by atoms with Gasteiger partial charge in [0, 0.05) is 44.8 Å². The van der Waals surface area contributed by atoms with Crippen LogP contribution in [-0.2, 0) is 32.1 Å². The molecule has 1 N–H and O–H groups in total. The van der Waals surface area contributed by atoms with Crippen molar-refractivity contribution in [3.8, 4) is 0 Å². The summed E-state index contributed by atoms with van der Waals surface area (Å²) in [5, 5.41) is 2.63. The Balaban J connectivity index is 1.34. The molecule has 3 rings (SSSR count). The van der Waals surface area contributed by atoms with Crippen LogP contribution in [0.5, 0.6) is 0 Å². The molecule has 0 atom stereocenters. The van der Waals surface area contributed by atoms with Gasteiger partial charge in [-0.3, -0.25) is 9.59 Å². The zero-order valence-electron chi connectivity index (χ0n) is 19.0. The van der Waals surface area contributed by atoms with Gasteiger partial charge in [0.1, 0.15) is 6.61 Å². The number of amides is 2. The standard InChI is InChI=1S/C25H31N3O5/c1-2-32-24(30)18-20-8-10-22(11-9-20)27-14-16-28(17-15-27)23(29)12-13-26-25(31)33-19-21-6-4-3-5-7-21/h3-11H,2,12-19H2,1H3,(H,26,31). The molecule has 1 aliphatic heterocycles. The Morgan fingerprint density at radius 1 is 0.879 bits per heavy atom. The number of alkyl carbamates (subject to hydrolysis) is 1. The number of carbonyl (C=O) groups is 3. The van der Waals surface area contributed by atoms with Crippen molar-refractivity contribution in [2.75, 3.05) is 44.2 Å². The second-order valence-corrected chi connectivity index (χ2v) is 7.75. The van der Waals surface area contributed by atoms with Crippen LogP contribution in [-0.4, -0.2) is 62.2 Å². The molecule has 1 heterocycles. The molecule has 8 nitrogen and oxygen atoms in total. The minimum atomic E-state index is -0.525. The molecule has 8 heteroatoms. The number of esters is 1. The van der Waals surface area contributed by atoms with E-state index in [-0.39, 0.29) is 37.9 Å². The van der Waals surface area contributed by atoms with Crippen LogP contribution in [0, 0.1) is 0 Å². The zero-order chi connectivity index (χ0) is 23.5. The van der Waals surface area contributed by atoms with E-state index in [1.54, 1.807) is 6.92 Å². The van der Waals surface area contributed by atoms with Gasteiger partial charge < -0.3 is 24.6 Å². The Morgan fingerprint density at radius 2 is 1.58 bits per heavy atom.